The maximum atomic E-state index is 3.44. The summed E-state index contributed by atoms with van der Waals surface area (Å²) in [5.41, 5.74) is 0. The third-order valence-corrected chi connectivity index (χ3v) is 3.57. The molecule has 0 bridgehead atoms. The Kier molecular flexibility index (Phi) is 3.19. The van der Waals surface area contributed by atoms with Crippen LogP contribution >= 0.6 is 27.3 Å². The molecule has 1 heterocycles. The monoisotopic (exact) mass is 257 g/mol. The molecule has 1 nitrogen and oxygen atoms in total. The van der Waals surface area contributed by atoms with Gasteiger partial charge in [-0.2, -0.15) is 0 Å². The molecule has 1 aliphatic rings. The first-order valence-electron chi connectivity index (χ1n) is 4.50. The van der Waals surface area contributed by atoms with Crippen molar-refractivity contribution in [2.45, 2.75) is 18.9 Å². The third kappa shape index (κ3) is 3.25. The highest BCUT2D eigenvalue weighted by atomic mass is 79.9. The van der Waals surface area contributed by atoms with Gasteiger partial charge in [-0.3, -0.25) is 0 Å². The van der Waals surface area contributed by atoms with E-state index in [1.807, 2.05) is 0 Å². The van der Waals surface area contributed by atoms with Crippen molar-refractivity contribution in [3.8, 4) is 0 Å². The average molecular weight is 258 g/mol. The average Bonchev–Trinajstić information content (AvgIpc) is 2.84. The Morgan fingerprint density at radius 2 is 2.38 bits per heavy atom. The van der Waals surface area contributed by atoms with Crippen molar-refractivity contribution in [2.24, 2.45) is 0 Å². The number of nitrogens with one attached hydrogen (secondary N) is 1. The molecular formula is C10H12BrNS. The Morgan fingerprint density at radius 1 is 1.54 bits per heavy atom. The van der Waals surface area contributed by atoms with Crippen LogP contribution in [0.25, 0.3) is 6.08 Å². The molecule has 1 aromatic heterocycles. The zero-order valence-corrected chi connectivity index (χ0v) is 9.70. The van der Waals surface area contributed by atoms with Gasteiger partial charge in [-0.15, -0.1) is 11.3 Å². The lowest BCUT2D eigenvalue weighted by molar-refractivity contribution is 0.754. The highest BCUT2D eigenvalue weighted by Crippen LogP contribution is 2.23. The predicted octanol–water partition coefficient (Wildman–Crippen LogP) is 3.28. The Morgan fingerprint density at radius 3 is 3.00 bits per heavy atom. The summed E-state index contributed by atoms with van der Waals surface area (Å²) in [4.78, 5) is 1.31. The van der Waals surface area contributed by atoms with Crippen molar-refractivity contribution in [1.82, 2.24) is 5.32 Å². The van der Waals surface area contributed by atoms with Gasteiger partial charge < -0.3 is 5.32 Å². The zero-order chi connectivity index (χ0) is 9.10. The maximum absolute atomic E-state index is 3.44. The number of halogens is 1. The fourth-order valence-corrected chi connectivity index (χ4v) is 2.47. The first-order chi connectivity index (χ1) is 6.34. The predicted molar refractivity (Wildman–Crippen MR) is 62.1 cm³/mol. The van der Waals surface area contributed by atoms with Crippen molar-refractivity contribution in [3.63, 3.8) is 0 Å². The van der Waals surface area contributed by atoms with Crippen molar-refractivity contribution in [3.05, 3.63) is 26.9 Å². The molecular weight excluding hydrogens is 246 g/mol. The summed E-state index contributed by atoms with van der Waals surface area (Å²) >= 11 is 5.21. The van der Waals surface area contributed by atoms with Gasteiger partial charge in [-0.1, -0.05) is 6.08 Å². The molecule has 0 aromatic carbocycles. The van der Waals surface area contributed by atoms with Crippen LogP contribution in [-0.4, -0.2) is 12.6 Å². The molecule has 1 N–H and O–H groups in total. The molecule has 1 aliphatic carbocycles. The second kappa shape index (κ2) is 4.40. The van der Waals surface area contributed by atoms with Crippen LogP contribution in [0, 0.1) is 0 Å². The second-order valence-electron chi connectivity index (χ2n) is 3.23. The summed E-state index contributed by atoms with van der Waals surface area (Å²) in [6.07, 6.45) is 7.08. The van der Waals surface area contributed by atoms with E-state index in [-0.39, 0.29) is 0 Å². The third-order valence-electron chi connectivity index (χ3n) is 1.98. The van der Waals surface area contributed by atoms with Crippen LogP contribution in [-0.2, 0) is 0 Å². The summed E-state index contributed by atoms with van der Waals surface area (Å²) in [5, 5.41) is 3.44. The number of hydrogen-bond donors (Lipinski definition) is 1. The van der Waals surface area contributed by atoms with Crippen LogP contribution < -0.4 is 5.32 Å². The molecule has 3 heteroatoms. The van der Waals surface area contributed by atoms with Gasteiger partial charge in [0.1, 0.15) is 0 Å². The summed E-state index contributed by atoms with van der Waals surface area (Å²) < 4.78 is 1.20. The van der Waals surface area contributed by atoms with E-state index < -0.39 is 0 Å². The normalized spacial score (nSPS) is 17.0. The molecule has 1 aromatic rings. The summed E-state index contributed by atoms with van der Waals surface area (Å²) in [7, 11) is 0. The molecule has 1 fully saturated rings. The number of thiophene rings is 1. The molecule has 1 saturated carbocycles. The minimum Gasteiger partial charge on any atom is -0.311 e. The Balaban J connectivity index is 1.75. The fraction of sp³-hybridized carbons (Fsp3) is 0.400. The zero-order valence-electron chi connectivity index (χ0n) is 7.29. The van der Waals surface area contributed by atoms with Crippen LogP contribution in [0.1, 0.15) is 17.7 Å². The largest absolute Gasteiger partial charge is 0.311 e. The van der Waals surface area contributed by atoms with E-state index in [9.17, 15) is 0 Å². The van der Waals surface area contributed by atoms with E-state index in [1.165, 1.54) is 21.5 Å². The molecule has 2 rings (SSSR count). The molecule has 70 valence electrons. The molecule has 0 radical (unpaired) electrons. The molecule has 0 saturated heterocycles. The summed E-state index contributed by atoms with van der Waals surface area (Å²) in [6.45, 7) is 1.00. The molecule has 13 heavy (non-hydrogen) atoms. The van der Waals surface area contributed by atoms with Gasteiger partial charge in [0.05, 0.1) is 3.79 Å². The van der Waals surface area contributed by atoms with Gasteiger partial charge in [0.15, 0.2) is 0 Å². The quantitative estimate of drug-likeness (QED) is 0.873. The molecule has 0 atom stereocenters. The lowest BCUT2D eigenvalue weighted by Crippen LogP contribution is -2.15. The van der Waals surface area contributed by atoms with Gasteiger partial charge in [0.25, 0.3) is 0 Å². The minimum atomic E-state index is 0.805. The van der Waals surface area contributed by atoms with E-state index >= 15 is 0 Å². The van der Waals surface area contributed by atoms with E-state index in [2.05, 4.69) is 45.5 Å². The van der Waals surface area contributed by atoms with Crippen molar-refractivity contribution in [1.29, 1.82) is 0 Å². The topological polar surface area (TPSA) is 12.0 Å². The van der Waals surface area contributed by atoms with Gasteiger partial charge in [0.2, 0.25) is 0 Å². The van der Waals surface area contributed by atoms with Crippen molar-refractivity contribution >= 4 is 33.3 Å². The molecule has 0 amide bonds. The van der Waals surface area contributed by atoms with E-state index in [0.29, 0.717) is 0 Å². The Hall–Kier alpha value is -0.120. The molecule has 0 aliphatic heterocycles. The first kappa shape index (κ1) is 9.44. The number of rotatable bonds is 4. The molecule has 0 unspecified atom stereocenters. The van der Waals surface area contributed by atoms with Crippen LogP contribution in [0.3, 0.4) is 0 Å². The van der Waals surface area contributed by atoms with E-state index in [0.717, 1.165) is 12.6 Å². The Bertz CT molecular complexity index is 302. The van der Waals surface area contributed by atoms with Crippen molar-refractivity contribution < 1.29 is 0 Å². The SMILES string of the molecule is Brc1ccc(C=CCNC2CC2)s1. The molecule has 0 spiro atoms. The summed E-state index contributed by atoms with van der Waals surface area (Å²) in [5.74, 6) is 0. The van der Waals surface area contributed by atoms with Gasteiger partial charge in [-0.05, 0) is 47.0 Å². The Labute approximate surface area is 91.0 Å². The summed E-state index contributed by atoms with van der Waals surface area (Å²) in [6, 6.07) is 5.01. The van der Waals surface area contributed by atoms with Crippen LogP contribution in [0.5, 0.6) is 0 Å². The van der Waals surface area contributed by atoms with Gasteiger partial charge in [0, 0.05) is 17.5 Å². The second-order valence-corrected chi connectivity index (χ2v) is 5.72. The van der Waals surface area contributed by atoms with Gasteiger partial charge >= 0.3 is 0 Å². The van der Waals surface area contributed by atoms with Crippen LogP contribution in [0.15, 0.2) is 22.0 Å². The van der Waals surface area contributed by atoms with Gasteiger partial charge in [-0.25, -0.2) is 0 Å². The lowest BCUT2D eigenvalue weighted by atomic mass is 10.4. The highest BCUT2D eigenvalue weighted by Gasteiger charge is 2.18. The standard InChI is InChI=1S/C10H12BrNS/c11-10-6-5-9(13-10)2-1-7-12-8-3-4-8/h1-2,5-6,8,12H,3-4,7H2. The maximum Gasteiger partial charge on any atom is 0.0704 e. The number of hydrogen-bond acceptors (Lipinski definition) is 2. The van der Waals surface area contributed by atoms with Crippen LogP contribution in [0.4, 0.5) is 0 Å². The van der Waals surface area contributed by atoms with Crippen molar-refractivity contribution in [2.75, 3.05) is 6.54 Å². The first-order valence-corrected chi connectivity index (χ1v) is 6.11. The lowest BCUT2D eigenvalue weighted by Gasteiger charge is -1.93. The highest BCUT2D eigenvalue weighted by molar-refractivity contribution is 9.11. The smallest absolute Gasteiger partial charge is 0.0704 e. The van der Waals surface area contributed by atoms with Crippen LogP contribution in [0.2, 0.25) is 0 Å². The van der Waals surface area contributed by atoms with E-state index in [4.69, 9.17) is 0 Å². The fourth-order valence-electron chi connectivity index (χ4n) is 1.12. The minimum absolute atomic E-state index is 0.805. The van der Waals surface area contributed by atoms with E-state index in [1.54, 1.807) is 11.3 Å².